The van der Waals surface area contributed by atoms with Crippen LogP contribution in [0.1, 0.15) is 34.5 Å². The van der Waals surface area contributed by atoms with Gasteiger partial charge in [-0.3, -0.25) is 4.79 Å². The van der Waals surface area contributed by atoms with Gasteiger partial charge in [0, 0.05) is 30.4 Å². The van der Waals surface area contributed by atoms with Gasteiger partial charge in [-0.1, -0.05) is 18.2 Å². The largest absolute Gasteiger partial charge is 0.416 e. The minimum Gasteiger partial charge on any atom is -0.382 e. The lowest BCUT2D eigenvalue weighted by atomic mass is 10.1. The summed E-state index contributed by atoms with van der Waals surface area (Å²) in [5.41, 5.74) is 7.24. The molecule has 1 aliphatic heterocycles. The van der Waals surface area contributed by atoms with Crippen LogP contribution in [-0.4, -0.2) is 41.0 Å². The molecule has 0 unspecified atom stereocenters. The number of nitrogens with one attached hydrogen (secondary N) is 4. The number of nitrogens with two attached hydrogens (primary N) is 1. The van der Waals surface area contributed by atoms with Crippen LogP contribution in [0.3, 0.4) is 0 Å². The quantitative estimate of drug-likeness (QED) is 0.342. The number of aromatic nitrogens is 2. The molecular formula is C25H26F3N7O2. The van der Waals surface area contributed by atoms with Gasteiger partial charge in [0.05, 0.1) is 17.5 Å². The van der Waals surface area contributed by atoms with Crippen molar-refractivity contribution in [3.8, 4) is 11.3 Å². The third kappa shape index (κ3) is 6.94. The summed E-state index contributed by atoms with van der Waals surface area (Å²) in [4.78, 5) is 33.5. The average Bonchev–Trinajstić information content (AvgIpc) is 2.88. The van der Waals surface area contributed by atoms with E-state index in [1.807, 2.05) is 0 Å². The van der Waals surface area contributed by atoms with Gasteiger partial charge in [-0.25, -0.2) is 14.8 Å². The SMILES string of the molecule is Nc1ncc(-c2cccc(CNC(=O)Nc3ccc(C(F)(F)F)cc3)c2)nc1C(=O)N[C@H]1CCCNC1. The Morgan fingerprint density at radius 3 is 2.62 bits per heavy atom. The molecule has 1 saturated heterocycles. The van der Waals surface area contributed by atoms with E-state index in [9.17, 15) is 22.8 Å². The van der Waals surface area contributed by atoms with E-state index in [0.717, 1.165) is 37.1 Å². The van der Waals surface area contributed by atoms with Crippen LogP contribution in [0, 0.1) is 0 Å². The number of carbonyl (C=O) groups is 2. The Hall–Kier alpha value is -4.19. The maximum Gasteiger partial charge on any atom is 0.416 e. The van der Waals surface area contributed by atoms with Crippen molar-refractivity contribution < 1.29 is 22.8 Å². The minimum atomic E-state index is -4.45. The third-order valence-corrected chi connectivity index (χ3v) is 5.79. The fourth-order valence-corrected chi connectivity index (χ4v) is 3.87. The summed E-state index contributed by atoms with van der Waals surface area (Å²) in [6.45, 7) is 1.75. The first-order chi connectivity index (χ1) is 17.7. The second-order valence-corrected chi connectivity index (χ2v) is 8.59. The van der Waals surface area contributed by atoms with Gasteiger partial charge >= 0.3 is 12.2 Å². The van der Waals surface area contributed by atoms with Gasteiger partial charge in [-0.15, -0.1) is 0 Å². The van der Waals surface area contributed by atoms with Crippen LogP contribution in [0.25, 0.3) is 11.3 Å². The molecule has 2 heterocycles. The Bertz CT molecular complexity index is 1260. The molecule has 0 bridgehead atoms. The molecule has 1 aromatic heterocycles. The molecule has 0 saturated carbocycles. The van der Waals surface area contributed by atoms with E-state index in [-0.39, 0.29) is 29.8 Å². The number of anilines is 2. The molecule has 0 aliphatic carbocycles. The van der Waals surface area contributed by atoms with Gasteiger partial charge in [0.2, 0.25) is 0 Å². The van der Waals surface area contributed by atoms with Crippen molar-refractivity contribution in [1.82, 2.24) is 25.9 Å². The van der Waals surface area contributed by atoms with Crippen LogP contribution in [0.4, 0.5) is 29.5 Å². The number of urea groups is 1. The van der Waals surface area contributed by atoms with Crippen LogP contribution in [0.2, 0.25) is 0 Å². The van der Waals surface area contributed by atoms with Gasteiger partial charge < -0.3 is 27.0 Å². The predicted octanol–water partition coefficient (Wildman–Crippen LogP) is 3.55. The number of benzene rings is 2. The van der Waals surface area contributed by atoms with E-state index >= 15 is 0 Å². The van der Waals surface area contributed by atoms with Gasteiger partial charge in [-0.05, 0) is 55.3 Å². The number of halogens is 3. The standard InChI is InChI=1S/C25H26F3N7O2/c26-25(27,28)17-6-8-18(9-7-17)34-24(37)32-12-15-3-1-4-16(11-15)20-14-31-22(29)21(35-20)23(36)33-19-5-2-10-30-13-19/h1,3-4,6-9,11,14,19,30H,2,5,10,12-13H2,(H2,29,31)(H,33,36)(H2,32,34,37)/t19-/m0/s1. The molecule has 2 aromatic carbocycles. The number of carbonyl (C=O) groups excluding carboxylic acids is 2. The fourth-order valence-electron chi connectivity index (χ4n) is 3.87. The normalized spacial score (nSPS) is 15.6. The van der Waals surface area contributed by atoms with Crippen LogP contribution in [0.5, 0.6) is 0 Å². The van der Waals surface area contributed by atoms with Crippen molar-refractivity contribution in [2.24, 2.45) is 0 Å². The lowest BCUT2D eigenvalue weighted by molar-refractivity contribution is -0.137. The van der Waals surface area contributed by atoms with Crippen LogP contribution in [0.15, 0.2) is 54.7 Å². The molecule has 194 valence electrons. The molecule has 1 atom stereocenters. The minimum absolute atomic E-state index is 0.00534. The summed E-state index contributed by atoms with van der Waals surface area (Å²) >= 11 is 0. The highest BCUT2D eigenvalue weighted by molar-refractivity contribution is 5.97. The van der Waals surface area contributed by atoms with Crippen molar-refractivity contribution in [2.75, 3.05) is 24.1 Å². The molecule has 4 rings (SSSR count). The first-order valence-electron chi connectivity index (χ1n) is 11.6. The van der Waals surface area contributed by atoms with Gasteiger partial charge in [-0.2, -0.15) is 13.2 Å². The summed E-state index contributed by atoms with van der Waals surface area (Å²) < 4.78 is 38.1. The highest BCUT2D eigenvalue weighted by atomic mass is 19.4. The zero-order chi connectivity index (χ0) is 26.4. The number of rotatable bonds is 6. The number of amides is 3. The number of alkyl halides is 3. The van der Waals surface area contributed by atoms with E-state index in [4.69, 9.17) is 5.73 Å². The summed E-state index contributed by atoms with van der Waals surface area (Å²) in [6.07, 6.45) is -1.14. The molecule has 6 N–H and O–H groups in total. The number of hydrogen-bond donors (Lipinski definition) is 5. The maximum absolute atomic E-state index is 12.7. The summed E-state index contributed by atoms with van der Waals surface area (Å²) in [5, 5.41) is 11.3. The molecule has 37 heavy (non-hydrogen) atoms. The van der Waals surface area contributed by atoms with Gasteiger partial charge in [0.1, 0.15) is 0 Å². The first-order valence-corrected chi connectivity index (χ1v) is 11.6. The van der Waals surface area contributed by atoms with E-state index in [2.05, 4.69) is 31.2 Å². The lowest BCUT2D eigenvalue weighted by Gasteiger charge is -2.23. The van der Waals surface area contributed by atoms with Crippen molar-refractivity contribution in [2.45, 2.75) is 31.6 Å². The highest BCUT2D eigenvalue weighted by Crippen LogP contribution is 2.29. The number of hydrogen-bond acceptors (Lipinski definition) is 6. The molecule has 3 amide bonds. The van der Waals surface area contributed by atoms with Crippen LogP contribution >= 0.6 is 0 Å². The lowest BCUT2D eigenvalue weighted by Crippen LogP contribution is -2.46. The molecule has 0 spiro atoms. The predicted molar refractivity (Wildman–Crippen MR) is 133 cm³/mol. The first kappa shape index (κ1) is 25.9. The number of nitrogens with zero attached hydrogens (tertiary/aromatic N) is 2. The maximum atomic E-state index is 12.7. The van der Waals surface area contributed by atoms with Crippen molar-refractivity contribution >= 4 is 23.4 Å². The Kier molecular flexibility index (Phi) is 7.87. The average molecular weight is 514 g/mol. The zero-order valence-electron chi connectivity index (χ0n) is 19.7. The molecule has 3 aromatic rings. The van der Waals surface area contributed by atoms with Crippen molar-refractivity contribution in [3.63, 3.8) is 0 Å². The molecule has 1 fully saturated rings. The topological polar surface area (TPSA) is 134 Å². The smallest absolute Gasteiger partial charge is 0.382 e. The Morgan fingerprint density at radius 2 is 1.92 bits per heavy atom. The van der Waals surface area contributed by atoms with Crippen molar-refractivity contribution in [1.29, 1.82) is 0 Å². The van der Waals surface area contributed by atoms with Crippen LogP contribution in [-0.2, 0) is 12.7 Å². The second-order valence-electron chi connectivity index (χ2n) is 8.59. The van der Waals surface area contributed by atoms with Crippen LogP contribution < -0.4 is 27.0 Å². The molecule has 9 nitrogen and oxygen atoms in total. The Morgan fingerprint density at radius 1 is 1.14 bits per heavy atom. The highest BCUT2D eigenvalue weighted by Gasteiger charge is 2.30. The monoisotopic (exact) mass is 513 g/mol. The van der Waals surface area contributed by atoms with E-state index in [1.54, 1.807) is 24.3 Å². The van der Waals surface area contributed by atoms with E-state index in [1.165, 1.54) is 18.3 Å². The molecule has 1 aliphatic rings. The number of nitrogen functional groups attached to an aromatic ring is 1. The van der Waals surface area contributed by atoms with E-state index in [0.29, 0.717) is 17.8 Å². The van der Waals surface area contributed by atoms with Crippen molar-refractivity contribution in [3.05, 3.63) is 71.5 Å². The summed E-state index contributed by atoms with van der Waals surface area (Å²) in [5.74, 6) is -0.360. The van der Waals surface area contributed by atoms with E-state index < -0.39 is 23.7 Å². The molecule has 0 radical (unpaired) electrons. The Labute approximate surface area is 211 Å². The van der Waals surface area contributed by atoms with Gasteiger partial charge in [0.25, 0.3) is 5.91 Å². The fraction of sp³-hybridized carbons (Fsp3) is 0.280. The molecule has 12 heteroatoms. The Balaban J connectivity index is 1.38. The molecular weight excluding hydrogens is 487 g/mol. The second kappa shape index (κ2) is 11.2. The summed E-state index contributed by atoms with van der Waals surface area (Å²) in [6, 6.07) is 10.7. The zero-order valence-corrected chi connectivity index (χ0v) is 19.7. The van der Waals surface area contributed by atoms with Gasteiger partial charge in [0.15, 0.2) is 11.5 Å². The third-order valence-electron chi connectivity index (χ3n) is 5.79. The number of piperidine rings is 1. The summed E-state index contributed by atoms with van der Waals surface area (Å²) in [7, 11) is 0.